The molecule has 2 heterocycles. The van der Waals surface area contributed by atoms with Gasteiger partial charge in [-0.15, -0.1) is 0 Å². The average Bonchev–Trinajstić information content (AvgIpc) is 2.93. The quantitative estimate of drug-likeness (QED) is 0.389. The summed E-state index contributed by atoms with van der Waals surface area (Å²) in [5, 5.41) is 11.7. The van der Waals surface area contributed by atoms with Crippen LogP contribution < -0.4 is 10.6 Å². The number of methoxy groups -OCH3 is 1. The van der Waals surface area contributed by atoms with Gasteiger partial charge < -0.3 is 15.4 Å². The van der Waals surface area contributed by atoms with Gasteiger partial charge in [0.05, 0.1) is 25.4 Å². The first-order chi connectivity index (χ1) is 13.0. The zero-order valence-corrected chi connectivity index (χ0v) is 17.3. The zero-order valence-electron chi connectivity index (χ0n) is 16.5. The molecule has 0 saturated carbocycles. The summed E-state index contributed by atoms with van der Waals surface area (Å²) in [6, 6.07) is 3.80. The van der Waals surface area contributed by atoms with Gasteiger partial charge in [0.1, 0.15) is 5.15 Å². The van der Waals surface area contributed by atoms with Crippen LogP contribution in [0.4, 0.5) is 0 Å². The van der Waals surface area contributed by atoms with Gasteiger partial charge in [-0.05, 0) is 38.8 Å². The molecular formula is C19H29ClN6O. The Morgan fingerprint density at radius 3 is 2.78 bits per heavy atom. The molecule has 0 aliphatic heterocycles. The topological polar surface area (TPSA) is 76.4 Å². The molecule has 0 aliphatic rings. The second kappa shape index (κ2) is 10.9. The van der Waals surface area contributed by atoms with E-state index in [4.69, 9.17) is 21.3 Å². The van der Waals surface area contributed by atoms with Gasteiger partial charge >= 0.3 is 0 Å². The molecular weight excluding hydrogens is 364 g/mol. The van der Waals surface area contributed by atoms with Crippen molar-refractivity contribution in [2.45, 2.75) is 40.3 Å². The van der Waals surface area contributed by atoms with E-state index in [1.165, 1.54) is 0 Å². The Balaban J connectivity index is 1.96. The van der Waals surface area contributed by atoms with Crippen molar-refractivity contribution in [2.24, 2.45) is 4.99 Å². The first-order valence-electron chi connectivity index (χ1n) is 9.19. The van der Waals surface area contributed by atoms with Gasteiger partial charge in [0.2, 0.25) is 0 Å². The fourth-order valence-electron chi connectivity index (χ4n) is 2.74. The molecule has 0 fully saturated rings. The lowest BCUT2D eigenvalue weighted by Gasteiger charge is -2.11. The van der Waals surface area contributed by atoms with E-state index in [9.17, 15) is 0 Å². The summed E-state index contributed by atoms with van der Waals surface area (Å²) >= 11 is 5.82. The highest BCUT2D eigenvalue weighted by atomic mass is 35.5. The van der Waals surface area contributed by atoms with E-state index in [-0.39, 0.29) is 0 Å². The van der Waals surface area contributed by atoms with E-state index >= 15 is 0 Å². The molecule has 2 aromatic rings. The smallest absolute Gasteiger partial charge is 0.191 e. The van der Waals surface area contributed by atoms with Crippen molar-refractivity contribution in [1.82, 2.24) is 25.4 Å². The molecule has 0 radical (unpaired) electrons. The van der Waals surface area contributed by atoms with Crippen molar-refractivity contribution in [3.63, 3.8) is 0 Å². The molecule has 0 aliphatic carbocycles. The van der Waals surface area contributed by atoms with Gasteiger partial charge in [-0.1, -0.05) is 17.7 Å². The number of guanidine groups is 1. The average molecular weight is 393 g/mol. The highest BCUT2D eigenvalue weighted by Crippen LogP contribution is 2.14. The van der Waals surface area contributed by atoms with Crippen LogP contribution in [0.15, 0.2) is 23.3 Å². The van der Waals surface area contributed by atoms with Gasteiger partial charge in [-0.2, -0.15) is 5.10 Å². The molecule has 2 rings (SSSR count). The van der Waals surface area contributed by atoms with Crippen LogP contribution in [-0.2, 0) is 24.2 Å². The van der Waals surface area contributed by atoms with Crippen LogP contribution in [0.5, 0.6) is 0 Å². The van der Waals surface area contributed by atoms with Gasteiger partial charge in [0.25, 0.3) is 0 Å². The summed E-state index contributed by atoms with van der Waals surface area (Å²) in [6.45, 7) is 9.71. The number of hydrogen-bond donors (Lipinski definition) is 2. The third-order valence-electron chi connectivity index (χ3n) is 4.27. The van der Waals surface area contributed by atoms with E-state index < -0.39 is 0 Å². The Bertz CT molecular complexity index is 741. The molecule has 0 spiro atoms. The zero-order chi connectivity index (χ0) is 19.6. The molecule has 2 N–H and O–H groups in total. The van der Waals surface area contributed by atoms with Crippen LogP contribution in [0.3, 0.4) is 0 Å². The van der Waals surface area contributed by atoms with Crippen LogP contribution in [0.1, 0.15) is 29.4 Å². The molecule has 0 saturated heterocycles. The number of aliphatic imine (C=N–C) groups is 1. The molecule has 0 amide bonds. The number of nitrogens with zero attached hydrogens (tertiary/aromatic N) is 4. The maximum absolute atomic E-state index is 5.82. The Morgan fingerprint density at radius 2 is 2.11 bits per heavy atom. The molecule has 2 aromatic heterocycles. The second-order valence-corrected chi connectivity index (χ2v) is 6.61. The summed E-state index contributed by atoms with van der Waals surface area (Å²) in [6.07, 6.45) is 2.65. The normalized spacial score (nSPS) is 11.7. The van der Waals surface area contributed by atoms with Crippen molar-refractivity contribution >= 4 is 17.6 Å². The van der Waals surface area contributed by atoms with Crippen LogP contribution >= 0.6 is 11.6 Å². The highest BCUT2D eigenvalue weighted by Gasteiger charge is 2.11. The third kappa shape index (κ3) is 6.52. The van der Waals surface area contributed by atoms with E-state index in [1.54, 1.807) is 13.3 Å². The number of halogens is 1. The van der Waals surface area contributed by atoms with Crippen LogP contribution in [0.25, 0.3) is 0 Å². The minimum Gasteiger partial charge on any atom is -0.383 e. The first-order valence-corrected chi connectivity index (χ1v) is 9.57. The van der Waals surface area contributed by atoms with Gasteiger partial charge in [0.15, 0.2) is 5.96 Å². The maximum Gasteiger partial charge on any atom is 0.191 e. The number of rotatable bonds is 9. The number of hydrogen-bond acceptors (Lipinski definition) is 4. The molecule has 0 unspecified atom stereocenters. The highest BCUT2D eigenvalue weighted by molar-refractivity contribution is 6.29. The second-order valence-electron chi connectivity index (χ2n) is 6.23. The molecule has 0 atom stereocenters. The van der Waals surface area contributed by atoms with Crippen molar-refractivity contribution < 1.29 is 4.74 Å². The largest absolute Gasteiger partial charge is 0.383 e. The van der Waals surface area contributed by atoms with E-state index in [0.29, 0.717) is 18.3 Å². The standard InChI is InChI=1S/C19H29ClN6O/c1-5-21-19(22-9-8-16-6-7-18(20)23-12-16)24-13-17-14(2)25-26(15(17)3)10-11-27-4/h6-7,12H,5,8-11,13H2,1-4H3,(H2,21,22,24). The van der Waals surface area contributed by atoms with Crippen molar-refractivity contribution in [2.75, 3.05) is 26.8 Å². The predicted octanol–water partition coefficient (Wildman–Crippen LogP) is 2.49. The van der Waals surface area contributed by atoms with Crippen LogP contribution in [0, 0.1) is 13.8 Å². The van der Waals surface area contributed by atoms with E-state index in [0.717, 1.165) is 54.5 Å². The molecule has 0 aromatic carbocycles. The maximum atomic E-state index is 5.82. The van der Waals surface area contributed by atoms with Crippen LogP contribution in [-0.4, -0.2) is 47.5 Å². The predicted molar refractivity (Wildman–Crippen MR) is 109 cm³/mol. The van der Waals surface area contributed by atoms with Gasteiger partial charge in [-0.25, -0.2) is 9.98 Å². The summed E-state index contributed by atoms with van der Waals surface area (Å²) in [5.41, 5.74) is 4.44. The summed E-state index contributed by atoms with van der Waals surface area (Å²) in [4.78, 5) is 8.82. The Hall–Kier alpha value is -2.12. The fourth-order valence-corrected chi connectivity index (χ4v) is 2.85. The molecule has 8 heteroatoms. The fraction of sp³-hybridized carbons (Fsp3) is 0.526. The third-order valence-corrected chi connectivity index (χ3v) is 4.50. The Kier molecular flexibility index (Phi) is 8.54. The number of ether oxygens (including phenoxy) is 1. The summed E-state index contributed by atoms with van der Waals surface area (Å²) < 4.78 is 7.13. The van der Waals surface area contributed by atoms with E-state index in [1.807, 2.05) is 23.7 Å². The van der Waals surface area contributed by atoms with Gasteiger partial charge in [-0.3, -0.25) is 4.68 Å². The molecule has 7 nitrogen and oxygen atoms in total. The summed E-state index contributed by atoms with van der Waals surface area (Å²) in [7, 11) is 1.70. The number of aryl methyl sites for hydroxylation is 1. The Labute approximate surface area is 166 Å². The minimum atomic E-state index is 0.512. The van der Waals surface area contributed by atoms with Crippen molar-refractivity contribution in [1.29, 1.82) is 0 Å². The SMILES string of the molecule is CCNC(=NCc1c(C)nn(CCOC)c1C)NCCc1ccc(Cl)nc1. The lowest BCUT2D eigenvalue weighted by atomic mass is 10.2. The van der Waals surface area contributed by atoms with Crippen molar-refractivity contribution in [3.8, 4) is 0 Å². The molecule has 0 bridgehead atoms. The van der Waals surface area contributed by atoms with Crippen LogP contribution in [0.2, 0.25) is 5.15 Å². The number of pyridine rings is 1. The van der Waals surface area contributed by atoms with Crippen molar-refractivity contribution in [3.05, 3.63) is 46.0 Å². The van der Waals surface area contributed by atoms with Gasteiger partial charge in [0, 0.05) is 37.7 Å². The Morgan fingerprint density at radius 1 is 1.30 bits per heavy atom. The number of nitrogens with one attached hydrogen (secondary N) is 2. The lowest BCUT2D eigenvalue weighted by Crippen LogP contribution is -2.38. The summed E-state index contributed by atoms with van der Waals surface area (Å²) in [5.74, 6) is 0.794. The monoisotopic (exact) mass is 392 g/mol. The van der Waals surface area contributed by atoms with E-state index in [2.05, 4.69) is 34.6 Å². The molecule has 148 valence electrons. The number of aromatic nitrogens is 3. The lowest BCUT2D eigenvalue weighted by molar-refractivity contribution is 0.182. The minimum absolute atomic E-state index is 0.512. The first kappa shape index (κ1) is 21.2. The molecule has 27 heavy (non-hydrogen) atoms.